The molecule has 0 spiro atoms. The number of fused-ring (bicyclic) bond motifs is 5. The number of carbonyl (C=O) groups is 1. The molecule has 0 radical (unpaired) electrons. The second kappa shape index (κ2) is 5.05. The van der Waals surface area contributed by atoms with E-state index in [1.165, 1.54) is 25.7 Å². The van der Waals surface area contributed by atoms with Crippen molar-refractivity contribution in [2.75, 3.05) is 0 Å². The minimum atomic E-state index is -0.0662. The summed E-state index contributed by atoms with van der Waals surface area (Å²) in [4.78, 5) is 12.8. The summed E-state index contributed by atoms with van der Waals surface area (Å²) in [5.41, 5.74) is 0.351. The van der Waals surface area contributed by atoms with Gasteiger partial charge in [-0.15, -0.1) is 0 Å². The molecule has 1 unspecified atom stereocenters. The van der Waals surface area contributed by atoms with Gasteiger partial charge in [-0.1, -0.05) is 29.8 Å². The number of hydrogen-bond donors (Lipinski definition) is 1. The number of halogens is 1. The molecule has 0 aromatic carbocycles. The number of ketones is 1. The van der Waals surface area contributed by atoms with Gasteiger partial charge in [-0.2, -0.15) is 0 Å². The van der Waals surface area contributed by atoms with Crippen molar-refractivity contribution >= 4 is 21.7 Å². The predicted molar refractivity (Wildman–Crippen MR) is 90.8 cm³/mol. The van der Waals surface area contributed by atoms with Gasteiger partial charge in [0.05, 0.1) is 10.9 Å². The Labute approximate surface area is 142 Å². The third-order valence-electron chi connectivity index (χ3n) is 8.34. The highest BCUT2D eigenvalue weighted by atomic mass is 79.9. The van der Waals surface area contributed by atoms with Gasteiger partial charge < -0.3 is 5.11 Å². The number of aliphatic hydroxyl groups is 1. The van der Waals surface area contributed by atoms with Crippen LogP contribution < -0.4 is 0 Å². The first kappa shape index (κ1) is 15.6. The molecule has 22 heavy (non-hydrogen) atoms. The summed E-state index contributed by atoms with van der Waals surface area (Å²) < 4.78 is 0. The highest BCUT2D eigenvalue weighted by Gasteiger charge is 2.61. The maximum absolute atomic E-state index is 12.7. The summed E-state index contributed by atoms with van der Waals surface area (Å²) in [6, 6.07) is 0. The van der Waals surface area contributed by atoms with Gasteiger partial charge in [-0.3, -0.25) is 4.79 Å². The Morgan fingerprint density at radius 1 is 1.05 bits per heavy atom. The molecule has 4 fully saturated rings. The molecule has 0 bridgehead atoms. The molecule has 8 atom stereocenters. The first-order chi connectivity index (χ1) is 10.4. The van der Waals surface area contributed by atoms with Crippen LogP contribution in [0.5, 0.6) is 0 Å². The van der Waals surface area contributed by atoms with Crippen LogP contribution in [-0.2, 0) is 4.79 Å². The maximum Gasteiger partial charge on any atom is 0.152 e. The molecule has 0 aromatic rings. The predicted octanol–water partition coefficient (Wildman–Crippen LogP) is 4.33. The van der Waals surface area contributed by atoms with Crippen molar-refractivity contribution in [3.05, 3.63) is 0 Å². The first-order valence-corrected chi connectivity index (χ1v) is 10.1. The van der Waals surface area contributed by atoms with E-state index in [-0.39, 0.29) is 16.3 Å². The number of aliphatic hydroxyl groups excluding tert-OH is 1. The Bertz CT molecular complexity index is 492. The van der Waals surface area contributed by atoms with Gasteiger partial charge in [0.1, 0.15) is 0 Å². The minimum Gasteiger partial charge on any atom is -0.393 e. The number of carbonyl (C=O) groups excluding carboxylic acids is 1. The van der Waals surface area contributed by atoms with Crippen molar-refractivity contribution in [1.82, 2.24) is 0 Å². The number of Topliss-reactive ketones (excluding diaryl/α,β-unsaturated/α-hetero) is 1. The van der Waals surface area contributed by atoms with Crippen molar-refractivity contribution in [1.29, 1.82) is 0 Å². The molecule has 0 saturated heterocycles. The van der Waals surface area contributed by atoms with E-state index in [1.807, 2.05) is 0 Å². The van der Waals surface area contributed by atoms with E-state index in [4.69, 9.17) is 0 Å². The zero-order valence-corrected chi connectivity index (χ0v) is 15.4. The van der Waals surface area contributed by atoms with E-state index in [2.05, 4.69) is 29.8 Å². The van der Waals surface area contributed by atoms with Crippen LogP contribution in [0.4, 0.5) is 0 Å². The lowest BCUT2D eigenvalue weighted by atomic mass is 9.45. The van der Waals surface area contributed by atoms with Crippen LogP contribution in [0.3, 0.4) is 0 Å². The Kier molecular flexibility index (Phi) is 3.59. The van der Waals surface area contributed by atoms with E-state index in [0.717, 1.165) is 37.5 Å². The normalized spacial score (nSPS) is 57.9. The largest absolute Gasteiger partial charge is 0.393 e. The molecule has 4 rings (SSSR count). The van der Waals surface area contributed by atoms with E-state index >= 15 is 0 Å². The maximum atomic E-state index is 12.7. The fourth-order valence-electron chi connectivity index (χ4n) is 6.98. The average Bonchev–Trinajstić information content (AvgIpc) is 2.72. The summed E-state index contributed by atoms with van der Waals surface area (Å²) in [5.74, 6) is 3.29. The Morgan fingerprint density at radius 2 is 1.82 bits per heavy atom. The number of hydrogen-bond acceptors (Lipinski definition) is 2. The van der Waals surface area contributed by atoms with Crippen LogP contribution in [0.25, 0.3) is 0 Å². The van der Waals surface area contributed by atoms with E-state index in [1.54, 1.807) is 0 Å². The summed E-state index contributed by atoms with van der Waals surface area (Å²) in [6.45, 7) is 4.75. The molecule has 4 aliphatic rings. The molecule has 3 heteroatoms. The van der Waals surface area contributed by atoms with E-state index in [9.17, 15) is 9.90 Å². The van der Waals surface area contributed by atoms with Crippen molar-refractivity contribution in [3.8, 4) is 0 Å². The average molecular weight is 369 g/mol. The lowest BCUT2D eigenvalue weighted by molar-refractivity contribution is -0.142. The zero-order valence-electron chi connectivity index (χ0n) is 13.9. The molecule has 4 saturated carbocycles. The fourth-order valence-corrected chi connectivity index (χ4v) is 7.91. The zero-order chi connectivity index (χ0) is 15.7. The van der Waals surface area contributed by atoms with Gasteiger partial charge in [0.25, 0.3) is 0 Å². The topological polar surface area (TPSA) is 37.3 Å². The second-order valence-corrected chi connectivity index (χ2v) is 10.2. The van der Waals surface area contributed by atoms with Crippen molar-refractivity contribution in [2.45, 2.75) is 76.1 Å². The third-order valence-corrected chi connectivity index (χ3v) is 9.13. The Morgan fingerprint density at radius 3 is 2.59 bits per heavy atom. The van der Waals surface area contributed by atoms with Gasteiger partial charge in [0.15, 0.2) is 5.78 Å². The monoisotopic (exact) mass is 368 g/mol. The van der Waals surface area contributed by atoms with Gasteiger partial charge in [0.2, 0.25) is 0 Å². The molecule has 0 heterocycles. The summed E-state index contributed by atoms with van der Waals surface area (Å²) >= 11 is 3.65. The lowest BCUT2D eigenvalue weighted by Gasteiger charge is -2.60. The fraction of sp³-hybridized carbons (Fsp3) is 0.947. The van der Waals surface area contributed by atoms with Gasteiger partial charge in [0, 0.05) is 5.41 Å². The van der Waals surface area contributed by atoms with Crippen LogP contribution in [0, 0.1) is 34.5 Å². The summed E-state index contributed by atoms with van der Waals surface area (Å²) in [5, 5.41) is 10.1. The molecular weight excluding hydrogens is 340 g/mol. The van der Waals surface area contributed by atoms with E-state index in [0.29, 0.717) is 23.0 Å². The SMILES string of the molecule is C[C@]12CC[C@H](O)C[C@@H]1CC[C@H]1C3C[C@@H](Br)C(=O)[C@@]3(C)CC[C@@H]12. The molecule has 1 N–H and O–H groups in total. The van der Waals surface area contributed by atoms with Crippen LogP contribution in [-0.4, -0.2) is 21.8 Å². The van der Waals surface area contributed by atoms with Crippen molar-refractivity contribution < 1.29 is 9.90 Å². The standard InChI is InChI=1S/C19H29BrO2/c1-18-7-5-12(21)9-11(18)3-4-13-14(18)6-8-19(2)15(13)10-16(20)17(19)22/h11-16,21H,3-10H2,1-2H3/t11-,12-,13+,14-,15?,16+,18-,19-/m0/s1. The molecule has 0 aromatic heterocycles. The quantitative estimate of drug-likeness (QED) is 0.646. The van der Waals surface area contributed by atoms with Gasteiger partial charge in [-0.05, 0) is 80.5 Å². The summed E-state index contributed by atoms with van der Waals surface area (Å²) in [6.07, 6.45) is 9.04. The van der Waals surface area contributed by atoms with Crippen LogP contribution >= 0.6 is 15.9 Å². The van der Waals surface area contributed by atoms with E-state index < -0.39 is 0 Å². The smallest absolute Gasteiger partial charge is 0.152 e. The third kappa shape index (κ3) is 1.97. The molecule has 0 aliphatic heterocycles. The first-order valence-electron chi connectivity index (χ1n) is 9.23. The molecule has 4 aliphatic carbocycles. The highest BCUT2D eigenvalue weighted by Crippen LogP contribution is 2.65. The number of rotatable bonds is 0. The van der Waals surface area contributed by atoms with Crippen LogP contribution in [0.1, 0.15) is 65.2 Å². The Balaban J connectivity index is 1.64. The van der Waals surface area contributed by atoms with Gasteiger partial charge in [-0.25, -0.2) is 0 Å². The van der Waals surface area contributed by atoms with Crippen molar-refractivity contribution in [3.63, 3.8) is 0 Å². The molecule has 2 nitrogen and oxygen atoms in total. The molecule has 0 amide bonds. The van der Waals surface area contributed by atoms with Crippen LogP contribution in [0.2, 0.25) is 0 Å². The van der Waals surface area contributed by atoms with Crippen LogP contribution in [0.15, 0.2) is 0 Å². The molecular formula is C19H29BrO2. The lowest BCUT2D eigenvalue weighted by Crippen LogP contribution is -2.54. The summed E-state index contributed by atoms with van der Waals surface area (Å²) in [7, 11) is 0. The Hall–Kier alpha value is 0.110. The molecule has 124 valence electrons. The van der Waals surface area contributed by atoms with Gasteiger partial charge >= 0.3 is 0 Å². The number of alkyl halides is 1. The van der Waals surface area contributed by atoms with Crippen molar-refractivity contribution in [2.24, 2.45) is 34.5 Å². The minimum absolute atomic E-state index is 0.0628. The second-order valence-electron chi connectivity index (χ2n) is 9.11. The highest BCUT2D eigenvalue weighted by molar-refractivity contribution is 9.10.